The Morgan fingerprint density at radius 2 is 1.87 bits per heavy atom. The molecule has 0 aliphatic carbocycles. The minimum absolute atomic E-state index is 0.0622. The third-order valence-electron chi connectivity index (χ3n) is 3.04. The van der Waals surface area contributed by atoms with Gasteiger partial charge in [-0.15, -0.1) is 0 Å². The van der Waals surface area contributed by atoms with Crippen molar-refractivity contribution in [2.45, 2.75) is 13.3 Å². The fourth-order valence-electron chi connectivity index (χ4n) is 1.89. The maximum absolute atomic E-state index is 12.2. The normalized spacial score (nSPS) is 10.2. The maximum atomic E-state index is 12.2. The topological polar surface area (TPSA) is 75.6 Å². The number of carbonyl (C=O) groups excluding carboxylic acids is 1. The summed E-state index contributed by atoms with van der Waals surface area (Å²) in [6.07, 6.45) is 0.907. The summed E-state index contributed by atoms with van der Waals surface area (Å²) >= 11 is 5.80. The molecule has 1 amide bonds. The first-order valence-corrected chi connectivity index (χ1v) is 7.46. The van der Waals surface area contributed by atoms with Gasteiger partial charge in [-0.3, -0.25) is 4.79 Å². The predicted octanol–water partition coefficient (Wildman–Crippen LogP) is 4.08. The number of anilines is 1. The molecule has 23 heavy (non-hydrogen) atoms. The SMILES string of the molecule is CCCOc1ccc(C(=O)Nc2ccc(Cl)c(C(=O)O)c2)cc1. The average Bonchev–Trinajstić information content (AvgIpc) is 2.54. The van der Waals surface area contributed by atoms with Crippen LogP contribution in [-0.4, -0.2) is 23.6 Å². The number of ether oxygens (including phenoxy) is 1. The molecule has 5 nitrogen and oxygen atoms in total. The summed E-state index contributed by atoms with van der Waals surface area (Å²) in [6, 6.07) is 11.0. The molecule has 0 atom stereocenters. The van der Waals surface area contributed by atoms with Crippen molar-refractivity contribution in [3.05, 3.63) is 58.6 Å². The summed E-state index contributed by atoms with van der Waals surface area (Å²) in [5, 5.41) is 11.8. The Hall–Kier alpha value is -2.53. The zero-order chi connectivity index (χ0) is 16.8. The second kappa shape index (κ2) is 7.65. The van der Waals surface area contributed by atoms with Gasteiger partial charge in [0, 0.05) is 11.3 Å². The second-order valence-electron chi connectivity index (χ2n) is 4.83. The Morgan fingerprint density at radius 3 is 2.48 bits per heavy atom. The summed E-state index contributed by atoms with van der Waals surface area (Å²) in [7, 11) is 0. The van der Waals surface area contributed by atoms with Crippen LogP contribution in [0.5, 0.6) is 5.75 Å². The molecule has 2 N–H and O–H groups in total. The van der Waals surface area contributed by atoms with E-state index in [1.807, 2.05) is 6.92 Å². The third-order valence-corrected chi connectivity index (χ3v) is 3.37. The van der Waals surface area contributed by atoms with Crippen molar-refractivity contribution < 1.29 is 19.4 Å². The zero-order valence-corrected chi connectivity index (χ0v) is 13.3. The van der Waals surface area contributed by atoms with Gasteiger partial charge in [0.25, 0.3) is 5.91 Å². The number of nitrogens with one attached hydrogen (secondary N) is 1. The minimum Gasteiger partial charge on any atom is -0.494 e. The van der Waals surface area contributed by atoms with Crippen LogP contribution in [0.2, 0.25) is 5.02 Å². The van der Waals surface area contributed by atoms with E-state index in [9.17, 15) is 9.59 Å². The molecule has 120 valence electrons. The van der Waals surface area contributed by atoms with Crippen LogP contribution in [0.3, 0.4) is 0 Å². The molecule has 6 heteroatoms. The van der Waals surface area contributed by atoms with Gasteiger partial charge in [0.15, 0.2) is 0 Å². The van der Waals surface area contributed by atoms with Gasteiger partial charge < -0.3 is 15.2 Å². The Morgan fingerprint density at radius 1 is 1.17 bits per heavy atom. The molecule has 2 aromatic rings. The second-order valence-corrected chi connectivity index (χ2v) is 5.23. The van der Waals surface area contributed by atoms with Crippen LogP contribution < -0.4 is 10.1 Å². The van der Waals surface area contributed by atoms with Crippen molar-refractivity contribution in [3.8, 4) is 5.75 Å². The largest absolute Gasteiger partial charge is 0.494 e. The van der Waals surface area contributed by atoms with Crippen molar-refractivity contribution in [2.24, 2.45) is 0 Å². The molecule has 0 radical (unpaired) electrons. The van der Waals surface area contributed by atoms with Crippen molar-refractivity contribution in [1.29, 1.82) is 0 Å². The van der Waals surface area contributed by atoms with Gasteiger partial charge in [-0.2, -0.15) is 0 Å². The summed E-state index contributed by atoms with van der Waals surface area (Å²) < 4.78 is 5.45. The van der Waals surface area contributed by atoms with Crippen LogP contribution in [0.15, 0.2) is 42.5 Å². The lowest BCUT2D eigenvalue weighted by atomic mass is 10.1. The molecular formula is C17H16ClNO4. The van der Waals surface area contributed by atoms with E-state index < -0.39 is 5.97 Å². The third kappa shape index (κ3) is 4.47. The van der Waals surface area contributed by atoms with E-state index in [-0.39, 0.29) is 16.5 Å². The minimum atomic E-state index is -1.15. The summed E-state index contributed by atoms with van der Waals surface area (Å²) in [6.45, 7) is 2.63. The molecule has 0 saturated carbocycles. The van der Waals surface area contributed by atoms with Gasteiger partial charge >= 0.3 is 5.97 Å². The summed E-state index contributed by atoms with van der Waals surface area (Å²) in [4.78, 5) is 23.2. The number of halogens is 1. The highest BCUT2D eigenvalue weighted by Crippen LogP contribution is 2.21. The van der Waals surface area contributed by atoms with E-state index in [4.69, 9.17) is 21.4 Å². The smallest absolute Gasteiger partial charge is 0.337 e. The molecule has 2 rings (SSSR count). The Kier molecular flexibility index (Phi) is 5.60. The van der Waals surface area contributed by atoms with Crippen LogP contribution in [0.25, 0.3) is 0 Å². The van der Waals surface area contributed by atoms with Crippen molar-refractivity contribution in [1.82, 2.24) is 0 Å². The number of hydrogen-bond acceptors (Lipinski definition) is 3. The quantitative estimate of drug-likeness (QED) is 0.835. The van der Waals surface area contributed by atoms with Gasteiger partial charge in [0.2, 0.25) is 0 Å². The van der Waals surface area contributed by atoms with Crippen LogP contribution in [0.1, 0.15) is 34.1 Å². The number of hydrogen-bond donors (Lipinski definition) is 2. The molecule has 0 bridgehead atoms. The van der Waals surface area contributed by atoms with Gasteiger partial charge in [-0.05, 0) is 48.9 Å². The summed E-state index contributed by atoms with van der Waals surface area (Å²) in [5.74, 6) is -0.794. The molecule has 0 aliphatic heterocycles. The molecule has 0 aromatic heterocycles. The van der Waals surface area contributed by atoms with Crippen LogP contribution in [-0.2, 0) is 0 Å². The van der Waals surface area contributed by atoms with E-state index in [0.29, 0.717) is 23.6 Å². The number of rotatable bonds is 6. The van der Waals surface area contributed by atoms with Gasteiger partial charge in [-0.1, -0.05) is 18.5 Å². The van der Waals surface area contributed by atoms with E-state index in [1.54, 1.807) is 30.3 Å². The van der Waals surface area contributed by atoms with Crippen LogP contribution in [0.4, 0.5) is 5.69 Å². The monoisotopic (exact) mass is 333 g/mol. The molecular weight excluding hydrogens is 318 g/mol. The first-order chi connectivity index (χ1) is 11.0. The zero-order valence-electron chi connectivity index (χ0n) is 12.5. The molecule has 0 aliphatic rings. The molecule has 0 spiro atoms. The Bertz CT molecular complexity index is 713. The lowest BCUT2D eigenvalue weighted by Crippen LogP contribution is -2.12. The predicted molar refractivity (Wildman–Crippen MR) is 88.6 cm³/mol. The van der Waals surface area contributed by atoms with E-state index in [2.05, 4.69) is 5.32 Å². The number of carbonyl (C=O) groups is 2. The fourth-order valence-corrected chi connectivity index (χ4v) is 2.09. The van der Waals surface area contributed by atoms with Crippen molar-refractivity contribution >= 4 is 29.2 Å². The lowest BCUT2D eigenvalue weighted by Gasteiger charge is -2.08. The Balaban J connectivity index is 2.09. The first-order valence-electron chi connectivity index (χ1n) is 7.08. The Labute approximate surface area is 138 Å². The average molecular weight is 334 g/mol. The number of amides is 1. The number of benzene rings is 2. The fraction of sp³-hybridized carbons (Fsp3) is 0.176. The van der Waals surface area contributed by atoms with Crippen molar-refractivity contribution in [2.75, 3.05) is 11.9 Å². The van der Waals surface area contributed by atoms with E-state index in [0.717, 1.165) is 6.42 Å². The molecule has 0 saturated heterocycles. The van der Waals surface area contributed by atoms with E-state index in [1.165, 1.54) is 12.1 Å². The summed E-state index contributed by atoms with van der Waals surface area (Å²) in [5.41, 5.74) is 0.747. The van der Waals surface area contributed by atoms with Gasteiger partial charge in [0.05, 0.1) is 17.2 Å². The first kappa shape index (κ1) is 16.8. The highest BCUT2D eigenvalue weighted by Gasteiger charge is 2.12. The maximum Gasteiger partial charge on any atom is 0.337 e. The highest BCUT2D eigenvalue weighted by molar-refractivity contribution is 6.33. The molecule has 0 fully saturated rings. The molecule has 0 heterocycles. The number of carboxylic acid groups (broad SMARTS) is 1. The van der Waals surface area contributed by atoms with Gasteiger partial charge in [-0.25, -0.2) is 4.79 Å². The number of aromatic carboxylic acids is 1. The number of carboxylic acids is 1. The van der Waals surface area contributed by atoms with Crippen LogP contribution >= 0.6 is 11.6 Å². The van der Waals surface area contributed by atoms with Crippen LogP contribution in [0, 0.1) is 0 Å². The van der Waals surface area contributed by atoms with Gasteiger partial charge in [0.1, 0.15) is 5.75 Å². The highest BCUT2D eigenvalue weighted by atomic mass is 35.5. The van der Waals surface area contributed by atoms with Crippen molar-refractivity contribution in [3.63, 3.8) is 0 Å². The lowest BCUT2D eigenvalue weighted by molar-refractivity contribution is 0.0696. The molecule has 2 aromatic carbocycles. The van der Waals surface area contributed by atoms with E-state index >= 15 is 0 Å². The standard InChI is InChI=1S/C17H16ClNO4/c1-2-9-23-13-6-3-11(4-7-13)16(20)19-12-5-8-15(18)14(10-12)17(21)22/h3-8,10H,2,9H2,1H3,(H,19,20)(H,21,22). The molecule has 0 unspecified atom stereocenters.